The third-order valence-electron chi connectivity index (χ3n) is 4.99. The van der Waals surface area contributed by atoms with Gasteiger partial charge in [-0.05, 0) is 6.42 Å². The second kappa shape index (κ2) is 33.4. The summed E-state index contributed by atoms with van der Waals surface area (Å²) in [5.41, 5.74) is 0. The van der Waals surface area contributed by atoms with Crippen molar-refractivity contribution in [3.8, 4) is 0 Å². The van der Waals surface area contributed by atoms with Crippen LogP contribution in [0, 0.1) is 0 Å². The van der Waals surface area contributed by atoms with Crippen molar-refractivity contribution < 1.29 is 40.1 Å². The lowest BCUT2D eigenvalue weighted by molar-refractivity contribution is -0.137. The third kappa shape index (κ3) is 57.3. The van der Waals surface area contributed by atoms with Crippen molar-refractivity contribution in [3.63, 3.8) is 0 Å². The zero-order chi connectivity index (χ0) is 22.2. The van der Waals surface area contributed by atoms with Crippen LogP contribution >= 0.6 is 7.82 Å². The minimum atomic E-state index is -4.64. The fourth-order valence-electron chi connectivity index (χ4n) is 3.35. The zero-order valence-electron chi connectivity index (χ0n) is 19.7. The van der Waals surface area contributed by atoms with Crippen LogP contribution in [0.4, 0.5) is 0 Å². The molecule has 10 heteroatoms. The topological polar surface area (TPSA) is 178 Å². The highest BCUT2D eigenvalue weighted by molar-refractivity contribution is 7.45. The van der Waals surface area contributed by atoms with Crippen molar-refractivity contribution in [2.75, 3.05) is 0 Å². The van der Waals surface area contributed by atoms with Crippen molar-refractivity contribution in [3.05, 3.63) is 0 Å². The number of aliphatic carboxylic acids is 1. The molecule has 32 heavy (non-hydrogen) atoms. The van der Waals surface area contributed by atoms with Crippen LogP contribution in [0.25, 0.3) is 0 Å². The summed E-state index contributed by atoms with van der Waals surface area (Å²) in [6.45, 7) is 2.28. The van der Waals surface area contributed by atoms with Gasteiger partial charge in [0.15, 0.2) is 0 Å². The van der Waals surface area contributed by atoms with Crippen LogP contribution in [-0.4, -0.2) is 59.8 Å². The molecule has 196 valence electrons. The van der Waals surface area contributed by atoms with Gasteiger partial charge in [-0.2, -0.15) is 0 Å². The molecule has 8 N–H and O–H groups in total. The number of carboxylic acid groups (broad SMARTS) is 1. The number of unbranched alkanes of at least 4 members (excludes halogenated alkanes) is 18. The summed E-state index contributed by atoms with van der Waals surface area (Å²) in [6, 6.07) is 0. The quantitative estimate of drug-likeness (QED) is 0.109. The number of hydrogen-bond acceptors (Lipinski definition) is 2. The van der Waals surface area contributed by atoms with Gasteiger partial charge in [-0.1, -0.05) is 122 Å². The summed E-state index contributed by atoms with van der Waals surface area (Å²) in [7, 11) is -4.64. The molecular weight excluding hydrogens is 448 g/mol. The molecule has 0 saturated heterocycles. The molecule has 0 aromatic heterocycles. The Balaban J connectivity index is -0.000000272. The summed E-state index contributed by atoms with van der Waals surface area (Å²) in [5.74, 6) is -0.651. The van der Waals surface area contributed by atoms with Crippen molar-refractivity contribution in [1.82, 2.24) is 0 Å². The highest BCUT2D eigenvalue weighted by atomic mass is 31.2. The van der Waals surface area contributed by atoms with E-state index in [0.717, 1.165) is 12.8 Å². The monoisotopic (exact) mass is 500 g/mol. The Morgan fingerprint density at radius 3 is 0.938 bits per heavy atom. The minimum Gasteiger partial charge on any atom is -0.481 e. The van der Waals surface area contributed by atoms with Gasteiger partial charge in [0.25, 0.3) is 0 Å². The number of carbonyl (C=O) groups is 1. The van der Waals surface area contributed by atoms with Gasteiger partial charge in [-0.25, -0.2) is 4.57 Å². The first-order chi connectivity index (χ1) is 13.8. The van der Waals surface area contributed by atoms with Crippen LogP contribution in [-0.2, 0) is 9.36 Å². The Hall–Kier alpha value is 0.266. The lowest BCUT2D eigenvalue weighted by Gasteiger charge is -2.03. The Morgan fingerprint density at radius 1 is 0.562 bits per heavy atom. The zero-order valence-corrected chi connectivity index (χ0v) is 20.6. The fraction of sp³-hybridized carbons (Fsp3) is 0.955. The van der Waals surface area contributed by atoms with Crippen molar-refractivity contribution in [2.45, 2.75) is 135 Å². The Kier molecular flexibility index (Phi) is 44.3. The first-order valence-corrected chi connectivity index (χ1v) is 13.3. The van der Waals surface area contributed by atoms with Crippen LogP contribution < -0.4 is 0 Å². The summed E-state index contributed by atoms with van der Waals surface area (Å²) in [4.78, 5) is 31.9. The summed E-state index contributed by atoms with van der Waals surface area (Å²) >= 11 is 0. The van der Waals surface area contributed by atoms with E-state index in [2.05, 4.69) is 6.92 Å². The second-order valence-corrected chi connectivity index (χ2v) is 9.05. The largest absolute Gasteiger partial charge is 0.481 e. The Labute approximate surface area is 212 Å². The normalized spacial score (nSPS) is 10.1. The number of phosphoric acid groups is 1. The summed E-state index contributed by atoms with van der Waals surface area (Å²) in [5, 5.41) is 8.56. The van der Waals surface area contributed by atoms with Gasteiger partial charge in [0.05, 0.1) is 0 Å². The SMILES string of the molecule is CCCCCCCCCCCCCCCCCCCCCC(=O)O.O.O.O=P(O)(O)O.[MgH2]. The molecule has 0 aliphatic heterocycles. The predicted molar refractivity (Wildman–Crippen MR) is 136 cm³/mol. The van der Waals surface area contributed by atoms with Crippen LogP contribution in [0.3, 0.4) is 0 Å². The summed E-state index contributed by atoms with van der Waals surface area (Å²) in [6.07, 6.45) is 26.1. The van der Waals surface area contributed by atoms with Crippen LogP contribution in [0.2, 0.25) is 0 Å². The molecule has 0 radical (unpaired) electrons. The van der Waals surface area contributed by atoms with E-state index in [1.54, 1.807) is 0 Å². The fourth-order valence-corrected chi connectivity index (χ4v) is 3.35. The van der Waals surface area contributed by atoms with E-state index >= 15 is 0 Å². The number of hydrogen-bond donors (Lipinski definition) is 4. The smallest absolute Gasteiger partial charge is 0.466 e. The molecule has 0 aliphatic rings. The van der Waals surface area contributed by atoms with E-state index in [1.807, 2.05) is 0 Å². The number of carboxylic acids is 1. The van der Waals surface area contributed by atoms with Gasteiger partial charge < -0.3 is 30.7 Å². The summed E-state index contributed by atoms with van der Waals surface area (Å²) < 4.78 is 8.88. The Bertz CT molecular complexity index is 386. The van der Waals surface area contributed by atoms with E-state index in [4.69, 9.17) is 24.4 Å². The molecule has 0 aromatic rings. The average molecular weight is 501 g/mol. The predicted octanol–water partition coefficient (Wildman–Crippen LogP) is 4.40. The molecule has 0 atom stereocenters. The molecule has 0 saturated carbocycles. The molecule has 0 unspecified atom stereocenters. The van der Waals surface area contributed by atoms with E-state index < -0.39 is 13.8 Å². The molecule has 8 nitrogen and oxygen atoms in total. The number of rotatable bonds is 20. The van der Waals surface area contributed by atoms with E-state index in [0.29, 0.717) is 6.42 Å². The van der Waals surface area contributed by atoms with E-state index in [-0.39, 0.29) is 34.0 Å². The molecule has 0 aliphatic carbocycles. The van der Waals surface area contributed by atoms with Crippen molar-refractivity contribution in [1.29, 1.82) is 0 Å². The first-order valence-electron chi connectivity index (χ1n) is 11.8. The second-order valence-electron chi connectivity index (χ2n) is 8.02. The molecule has 0 heterocycles. The van der Waals surface area contributed by atoms with E-state index in [9.17, 15) is 4.79 Å². The maximum Gasteiger partial charge on any atom is 0.466 e. The van der Waals surface area contributed by atoms with Gasteiger partial charge in [0.2, 0.25) is 0 Å². The molecular formula is C22H53MgO8P. The van der Waals surface area contributed by atoms with Gasteiger partial charge in [-0.15, -0.1) is 0 Å². The van der Waals surface area contributed by atoms with Crippen molar-refractivity contribution in [2.24, 2.45) is 0 Å². The van der Waals surface area contributed by atoms with Gasteiger partial charge in [0.1, 0.15) is 0 Å². The molecule has 0 spiro atoms. The standard InChI is InChI=1S/C22H44O2.Mg.H3O4P.2H2O.2H/c1-2-3-4-5-6-7-8-9-10-11-12-13-14-15-16-17-18-19-20-21-22(23)24;;1-5(2,3)4;;;;/h2-21H2,1H3,(H,23,24);;(H3,1,2,3,4);2*1H2;;. The molecule has 0 rings (SSSR count). The molecule has 0 bridgehead atoms. The van der Waals surface area contributed by atoms with Crippen LogP contribution in [0.15, 0.2) is 0 Å². The maximum atomic E-state index is 10.4. The van der Waals surface area contributed by atoms with Crippen LogP contribution in [0.5, 0.6) is 0 Å². The average Bonchev–Trinajstić information content (AvgIpc) is 2.62. The van der Waals surface area contributed by atoms with Gasteiger partial charge in [-0.3, -0.25) is 4.79 Å². The highest BCUT2D eigenvalue weighted by Crippen LogP contribution is 2.25. The lowest BCUT2D eigenvalue weighted by atomic mass is 10.0. The van der Waals surface area contributed by atoms with Crippen molar-refractivity contribution >= 4 is 36.8 Å². The van der Waals surface area contributed by atoms with Crippen LogP contribution in [0.1, 0.15) is 135 Å². The van der Waals surface area contributed by atoms with Gasteiger partial charge in [0, 0.05) is 6.42 Å². The maximum absolute atomic E-state index is 10.4. The highest BCUT2D eigenvalue weighted by Gasteiger charge is 2.00. The molecule has 0 aromatic carbocycles. The third-order valence-corrected chi connectivity index (χ3v) is 4.99. The molecule has 0 amide bonds. The Morgan fingerprint density at radius 2 is 0.750 bits per heavy atom. The minimum absolute atomic E-state index is 0. The molecule has 0 fully saturated rings. The van der Waals surface area contributed by atoms with E-state index in [1.165, 1.54) is 109 Å². The lowest BCUT2D eigenvalue weighted by Crippen LogP contribution is -1.93. The first kappa shape index (κ1) is 42.4. The van der Waals surface area contributed by atoms with Gasteiger partial charge >= 0.3 is 36.8 Å².